The van der Waals surface area contributed by atoms with Crippen LogP contribution in [0.5, 0.6) is 11.5 Å². The molecule has 2 aromatic carbocycles. The lowest BCUT2D eigenvalue weighted by Gasteiger charge is -2.07. The number of aryl methyl sites for hydroxylation is 1. The summed E-state index contributed by atoms with van der Waals surface area (Å²) in [6.45, 7) is 3.65. The lowest BCUT2D eigenvalue weighted by molar-refractivity contribution is 0.404. The molecular weight excluding hydrogens is 388 g/mol. The molecule has 7 nitrogen and oxygen atoms in total. The molecular formula is C21H20N4O3S. The van der Waals surface area contributed by atoms with Gasteiger partial charge in [0.1, 0.15) is 17.2 Å². The fourth-order valence-corrected chi connectivity index (χ4v) is 4.11. The largest absolute Gasteiger partial charge is 0.497 e. The highest BCUT2D eigenvalue weighted by molar-refractivity contribution is 7.20. The quantitative estimate of drug-likeness (QED) is 0.501. The topological polar surface area (TPSA) is 81.5 Å². The van der Waals surface area contributed by atoms with Gasteiger partial charge in [-0.15, -0.1) is 0 Å². The highest BCUT2D eigenvalue weighted by Gasteiger charge is 2.18. The number of rotatable bonds is 5. The minimum Gasteiger partial charge on any atom is -0.497 e. The lowest BCUT2D eigenvalue weighted by atomic mass is 10.1. The Kier molecular flexibility index (Phi) is 4.94. The molecule has 0 fully saturated rings. The first-order valence-electron chi connectivity index (χ1n) is 8.97. The van der Waals surface area contributed by atoms with Crippen molar-refractivity contribution in [2.24, 2.45) is 4.99 Å². The SMILES string of the molecule is COc1ccc(OC)c(N=C(C)c2c(C)[nH]n(-c3nc4ccccc4s3)c2=O)c1. The zero-order chi connectivity index (χ0) is 20.5. The molecule has 0 aliphatic carbocycles. The second-order valence-electron chi connectivity index (χ2n) is 6.45. The molecule has 0 aliphatic rings. The molecule has 0 saturated carbocycles. The van der Waals surface area contributed by atoms with Crippen molar-refractivity contribution < 1.29 is 9.47 Å². The molecule has 2 heterocycles. The Hall–Kier alpha value is -3.39. The summed E-state index contributed by atoms with van der Waals surface area (Å²) in [5.74, 6) is 1.26. The molecule has 0 radical (unpaired) electrons. The number of ether oxygens (including phenoxy) is 2. The number of nitrogens with one attached hydrogen (secondary N) is 1. The van der Waals surface area contributed by atoms with Crippen molar-refractivity contribution in [2.45, 2.75) is 13.8 Å². The number of hydrogen-bond acceptors (Lipinski definition) is 6. The molecule has 0 unspecified atom stereocenters. The predicted molar refractivity (Wildman–Crippen MR) is 116 cm³/mol. The van der Waals surface area contributed by atoms with Gasteiger partial charge in [-0.3, -0.25) is 9.89 Å². The fraction of sp³-hybridized carbons (Fsp3) is 0.190. The molecule has 0 atom stereocenters. The number of para-hydroxylation sites is 1. The van der Waals surface area contributed by atoms with E-state index in [1.54, 1.807) is 39.3 Å². The second-order valence-corrected chi connectivity index (χ2v) is 7.46. The summed E-state index contributed by atoms with van der Waals surface area (Å²) in [4.78, 5) is 22.3. The smallest absolute Gasteiger partial charge is 0.282 e. The summed E-state index contributed by atoms with van der Waals surface area (Å²) < 4.78 is 13.2. The van der Waals surface area contributed by atoms with Crippen LogP contribution in [0.4, 0.5) is 5.69 Å². The van der Waals surface area contributed by atoms with Crippen LogP contribution < -0.4 is 15.0 Å². The first-order valence-corrected chi connectivity index (χ1v) is 9.78. The average Bonchev–Trinajstić information content (AvgIpc) is 3.28. The summed E-state index contributed by atoms with van der Waals surface area (Å²) in [7, 11) is 3.17. The van der Waals surface area contributed by atoms with Crippen molar-refractivity contribution >= 4 is 33.0 Å². The van der Waals surface area contributed by atoms with Crippen LogP contribution in [0.25, 0.3) is 15.3 Å². The molecule has 0 aliphatic heterocycles. The summed E-state index contributed by atoms with van der Waals surface area (Å²) in [5, 5.41) is 3.72. The zero-order valence-corrected chi connectivity index (χ0v) is 17.3. The Morgan fingerprint density at radius 1 is 1.17 bits per heavy atom. The Bertz CT molecular complexity index is 1250. The van der Waals surface area contributed by atoms with Gasteiger partial charge in [0.2, 0.25) is 5.13 Å². The Labute approximate surface area is 171 Å². The monoisotopic (exact) mass is 408 g/mol. The van der Waals surface area contributed by atoms with E-state index in [1.807, 2.05) is 31.2 Å². The van der Waals surface area contributed by atoms with E-state index < -0.39 is 0 Å². The van der Waals surface area contributed by atoms with Crippen LogP contribution in [0.15, 0.2) is 52.3 Å². The first-order chi connectivity index (χ1) is 14.0. The lowest BCUT2D eigenvalue weighted by Crippen LogP contribution is -2.19. The van der Waals surface area contributed by atoms with Crippen molar-refractivity contribution in [1.29, 1.82) is 0 Å². The van der Waals surface area contributed by atoms with Crippen molar-refractivity contribution in [3.63, 3.8) is 0 Å². The molecule has 0 saturated heterocycles. The van der Waals surface area contributed by atoms with E-state index in [0.717, 1.165) is 15.9 Å². The van der Waals surface area contributed by atoms with Crippen LogP contribution in [0.1, 0.15) is 18.2 Å². The molecule has 2 aromatic heterocycles. The molecule has 4 aromatic rings. The minimum absolute atomic E-state index is 0.190. The number of H-pyrrole nitrogens is 1. The fourth-order valence-electron chi connectivity index (χ4n) is 3.18. The maximum Gasteiger partial charge on any atom is 0.282 e. The summed E-state index contributed by atoms with van der Waals surface area (Å²) >= 11 is 1.46. The molecule has 0 amide bonds. The van der Waals surface area contributed by atoms with E-state index in [0.29, 0.717) is 33.6 Å². The van der Waals surface area contributed by atoms with E-state index in [2.05, 4.69) is 15.1 Å². The van der Waals surface area contributed by atoms with Gasteiger partial charge in [0, 0.05) is 11.8 Å². The normalized spacial score (nSPS) is 11.8. The number of aromatic amines is 1. The van der Waals surface area contributed by atoms with Crippen molar-refractivity contribution in [3.8, 4) is 16.6 Å². The van der Waals surface area contributed by atoms with Crippen LogP contribution in [0.2, 0.25) is 0 Å². The van der Waals surface area contributed by atoms with Crippen molar-refractivity contribution in [2.75, 3.05) is 14.2 Å². The highest BCUT2D eigenvalue weighted by Crippen LogP contribution is 2.32. The number of benzene rings is 2. The molecule has 0 spiro atoms. The van der Waals surface area contributed by atoms with Gasteiger partial charge >= 0.3 is 0 Å². The third-order valence-electron chi connectivity index (χ3n) is 4.58. The molecule has 4 rings (SSSR count). The number of thiazole rings is 1. The van der Waals surface area contributed by atoms with E-state index >= 15 is 0 Å². The Morgan fingerprint density at radius 3 is 2.69 bits per heavy atom. The number of hydrogen-bond donors (Lipinski definition) is 1. The zero-order valence-electron chi connectivity index (χ0n) is 16.5. The number of aliphatic imine (C=N–C) groups is 1. The Balaban J connectivity index is 1.80. The molecule has 1 N–H and O–H groups in total. The summed E-state index contributed by atoms with van der Waals surface area (Å²) in [5.41, 5.74) is 3.07. The van der Waals surface area contributed by atoms with Gasteiger partial charge in [0.25, 0.3) is 5.56 Å². The first kappa shape index (κ1) is 18.9. The van der Waals surface area contributed by atoms with Crippen LogP contribution in [-0.2, 0) is 0 Å². The van der Waals surface area contributed by atoms with Crippen molar-refractivity contribution in [3.05, 3.63) is 64.1 Å². The standard InChI is InChI=1S/C21H20N4O3S/c1-12(22-16-11-14(27-3)9-10-17(16)28-4)19-13(2)24-25(20(19)26)21-23-15-7-5-6-8-18(15)29-21/h5-11,24H,1-4H3. The van der Waals surface area contributed by atoms with E-state index in [4.69, 9.17) is 9.47 Å². The van der Waals surface area contributed by atoms with E-state index in [9.17, 15) is 4.79 Å². The van der Waals surface area contributed by atoms with Crippen LogP contribution >= 0.6 is 11.3 Å². The van der Waals surface area contributed by atoms with Crippen LogP contribution in [-0.4, -0.2) is 34.7 Å². The molecule has 0 bridgehead atoms. The van der Waals surface area contributed by atoms with Crippen LogP contribution in [0.3, 0.4) is 0 Å². The van der Waals surface area contributed by atoms with Gasteiger partial charge in [0.05, 0.1) is 35.7 Å². The maximum atomic E-state index is 13.1. The number of fused-ring (bicyclic) bond motifs is 1. The second kappa shape index (κ2) is 7.56. The summed E-state index contributed by atoms with van der Waals surface area (Å²) in [6, 6.07) is 13.2. The van der Waals surface area contributed by atoms with Gasteiger partial charge in [-0.2, -0.15) is 4.68 Å². The van der Waals surface area contributed by atoms with E-state index in [-0.39, 0.29) is 5.56 Å². The van der Waals surface area contributed by atoms with Gasteiger partial charge in [-0.25, -0.2) is 9.98 Å². The van der Waals surface area contributed by atoms with Gasteiger partial charge in [-0.05, 0) is 38.1 Å². The molecule has 29 heavy (non-hydrogen) atoms. The van der Waals surface area contributed by atoms with Crippen LogP contribution in [0, 0.1) is 6.92 Å². The molecule has 148 valence electrons. The maximum absolute atomic E-state index is 13.1. The van der Waals surface area contributed by atoms with E-state index in [1.165, 1.54) is 16.0 Å². The Morgan fingerprint density at radius 2 is 1.97 bits per heavy atom. The highest BCUT2D eigenvalue weighted by atomic mass is 32.1. The number of methoxy groups -OCH3 is 2. The predicted octanol–water partition coefficient (Wildman–Crippen LogP) is 4.24. The number of nitrogens with zero attached hydrogens (tertiary/aromatic N) is 3. The minimum atomic E-state index is -0.190. The van der Waals surface area contributed by atoms with Gasteiger partial charge in [0.15, 0.2) is 0 Å². The average molecular weight is 408 g/mol. The van der Waals surface area contributed by atoms with Crippen molar-refractivity contribution in [1.82, 2.24) is 14.8 Å². The third-order valence-corrected chi connectivity index (χ3v) is 5.60. The number of aromatic nitrogens is 3. The van der Waals surface area contributed by atoms with Gasteiger partial charge < -0.3 is 9.47 Å². The molecule has 8 heteroatoms. The van der Waals surface area contributed by atoms with Gasteiger partial charge in [-0.1, -0.05) is 23.5 Å². The summed E-state index contributed by atoms with van der Waals surface area (Å²) in [6.07, 6.45) is 0. The third kappa shape index (κ3) is 3.42.